The molecule has 22 heavy (non-hydrogen) atoms. The fourth-order valence-electron chi connectivity index (χ4n) is 1.72. The zero-order chi connectivity index (χ0) is 15.9. The zero-order valence-corrected chi connectivity index (χ0v) is 13.2. The average Bonchev–Trinajstić information content (AvgIpc) is 2.81. The standard InChI is InChI=1S/C14H17N3O4S/c1-3-20-11-6-4-10(5-7-11)15-12(18)8-9-22-13-14(19)21-16-17(13)2/h4-7H,3,8-9H2,1-2H3,(H-,15,16,18,19). The van der Waals surface area contributed by atoms with Gasteiger partial charge in [-0.15, -0.1) is 0 Å². The van der Waals surface area contributed by atoms with Crippen molar-refractivity contribution in [3.63, 3.8) is 0 Å². The molecule has 0 fully saturated rings. The Bertz CT molecular complexity index is 608. The molecule has 1 N–H and O–H groups in total. The monoisotopic (exact) mass is 323 g/mol. The Labute approximate surface area is 132 Å². The van der Waals surface area contributed by atoms with E-state index >= 15 is 0 Å². The summed E-state index contributed by atoms with van der Waals surface area (Å²) >= 11 is 1.24. The number of benzene rings is 1. The Kier molecular flexibility index (Phi) is 5.65. The highest BCUT2D eigenvalue weighted by Gasteiger charge is 2.14. The van der Waals surface area contributed by atoms with E-state index in [1.807, 2.05) is 6.92 Å². The first-order valence-electron chi connectivity index (χ1n) is 6.78. The minimum atomic E-state index is -0.487. The van der Waals surface area contributed by atoms with Gasteiger partial charge in [-0.25, -0.2) is 0 Å². The second-order valence-electron chi connectivity index (χ2n) is 4.39. The number of ether oxygens (including phenoxy) is 1. The third kappa shape index (κ3) is 4.39. The highest BCUT2D eigenvalue weighted by atomic mass is 32.2. The van der Waals surface area contributed by atoms with Crippen LogP contribution in [0, 0.1) is 0 Å². The number of aromatic nitrogens is 2. The maximum absolute atomic E-state index is 11.8. The van der Waals surface area contributed by atoms with E-state index in [2.05, 4.69) is 15.1 Å². The summed E-state index contributed by atoms with van der Waals surface area (Å²) < 4.78 is 11.2. The molecule has 0 aliphatic rings. The Balaban J connectivity index is 1.78. The van der Waals surface area contributed by atoms with E-state index < -0.39 is 5.95 Å². The van der Waals surface area contributed by atoms with Gasteiger partial charge in [0.25, 0.3) is 5.03 Å². The van der Waals surface area contributed by atoms with Crippen molar-refractivity contribution in [1.82, 2.24) is 5.27 Å². The molecule has 0 saturated carbocycles. The van der Waals surface area contributed by atoms with Crippen LogP contribution >= 0.6 is 11.8 Å². The summed E-state index contributed by atoms with van der Waals surface area (Å²) in [4.78, 5) is 11.8. The molecule has 1 amide bonds. The molecule has 0 spiro atoms. The number of hydrogen-bond acceptors (Lipinski definition) is 6. The SMILES string of the molecule is CCOc1ccc(NC(=O)CCSc2c([O-])on[n+]2C)cc1. The molecule has 0 saturated heterocycles. The van der Waals surface area contributed by atoms with Crippen LogP contribution in [0.15, 0.2) is 33.8 Å². The summed E-state index contributed by atoms with van der Waals surface area (Å²) in [5, 5.41) is 18.0. The quantitative estimate of drug-likeness (QED) is 0.606. The van der Waals surface area contributed by atoms with Crippen LogP contribution in [0.5, 0.6) is 11.7 Å². The molecule has 2 rings (SSSR count). The normalized spacial score (nSPS) is 10.5. The number of nitrogens with one attached hydrogen (secondary N) is 1. The fraction of sp³-hybridized carbons (Fsp3) is 0.357. The van der Waals surface area contributed by atoms with Gasteiger partial charge in [-0.2, -0.15) is 0 Å². The lowest BCUT2D eigenvalue weighted by Crippen LogP contribution is -2.32. The topological polar surface area (TPSA) is 91.3 Å². The summed E-state index contributed by atoms with van der Waals surface area (Å²) in [6.45, 7) is 2.52. The Morgan fingerprint density at radius 2 is 2.18 bits per heavy atom. The fourth-order valence-corrected chi connectivity index (χ4v) is 2.58. The lowest BCUT2D eigenvalue weighted by atomic mass is 10.3. The summed E-state index contributed by atoms with van der Waals surface area (Å²) in [6, 6.07) is 7.17. The maximum Gasteiger partial charge on any atom is 0.290 e. The first-order chi connectivity index (χ1) is 10.6. The summed E-state index contributed by atoms with van der Waals surface area (Å²) in [6.07, 6.45) is 0.280. The summed E-state index contributed by atoms with van der Waals surface area (Å²) in [5.74, 6) is 0.620. The highest BCUT2D eigenvalue weighted by molar-refractivity contribution is 7.99. The second-order valence-corrected chi connectivity index (χ2v) is 5.48. The van der Waals surface area contributed by atoms with Crippen molar-refractivity contribution in [3.05, 3.63) is 24.3 Å². The van der Waals surface area contributed by atoms with E-state index in [1.54, 1.807) is 31.3 Å². The smallest absolute Gasteiger partial charge is 0.290 e. The molecule has 1 aromatic carbocycles. The number of anilines is 1. The first kappa shape index (κ1) is 16.2. The minimum Gasteiger partial charge on any atom is -0.538 e. The van der Waals surface area contributed by atoms with Gasteiger partial charge in [0.05, 0.1) is 11.9 Å². The Hall–Kier alpha value is -2.22. The van der Waals surface area contributed by atoms with Crippen LogP contribution in [0.1, 0.15) is 13.3 Å². The van der Waals surface area contributed by atoms with Crippen molar-refractivity contribution in [3.8, 4) is 11.7 Å². The highest BCUT2D eigenvalue weighted by Crippen LogP contribution is 2.22. The van der Waals surface area contributed by atoms with Gasteiger partial charge in [-0.05, 0) is 31.2 Å². The van der Waals surface area contributed by atoms with Crippen LogP contribution in [0.3, 0.4) is 0 Å². The predicted molar refractivity (Wildman–Crippen MR) is 78.7 cm³/mol. The zero-order valence-electron chi connectivity index (χ0n) is 12.4. The number of thioether (sulfide) groups is 1. The summed E-state index contributed by atoms with van der Waals surface area (Å²) in [5.41, 5.74) is 0.707. The molecule has 0 unspecified atom stereocenters. The molecule has 2 aromatic rings. The number of rotatable bonds is 7. The van der Waals surface area contributed by atoms with E-state index in [1.165, 1.54) is 16.4 Å². The van der Waals surface area contributed by atoms with Gasteiger partial charge in [0, 0.05) is 17.9 Å². The van der Waals surface area contributed by atoms with Crippen LogP contribution in [-0.2, 0) is 11.8 Å². The number of aryl methyl sites for hydroxylation is 1. The van der Waals surface area contributed by atoms with Gasteiger partial charge < -0.3 is 19.7 Å². The van der Waals surface area contributed by atoms with Crippen LogP contribution in [0.2, 0.25) is 0 Å². The molecule has 1 aromatic heterocycles. The molecule has 7 nitrogen and oxygen atoms in total. The number of carbonyl (C=O) groups is 1. The maximum atomic E-state index is 11.8. The Morgan fingerprint density at radius 1 is 1.45 bits per heavy atom. The molecule has 118 valence electrons. The molecule has 0 radical (unpaired) electrons. The van der Waals surface area contributed by atoms with Crippen molar-refractivity contribution in [2.45, 2.75) is 18.4 Å². The first-order valence-corrected chi connectivity index (χ1v) is 7.77. The van der Waals surface area contributed by atoms with Crippen LogP contribution in [0.25, 0.3) is 0 Å². The van der Waals surface area contributed by atoms with Gasteiger partial charge in [-0.1, -0.05) is 16.4 Å². The van der Waals surface area contributed by atoms with Gasteiger partial charge in [-0.3, -0.25) is 4.79 Å². The van der Waals surface area contributed by atoms with Crippen LogP contribution < -0.4 is 19.8 Å². The molecule has 0 aliphatic carbocycles. The molecule has 0 bridgehead atoms. The van der Waals surface area contributed by atoms with Crippen molar-refractivity contribution in [2.24, 2.45) is 7.05 Å². The Morgan fingerprint density at radius 3 is 2.77 bits per heavy atom. The molecule has 1 heterocycles. The van der Waals surface area contributed by atoms with Gasteiger partial charge in [0.2, 0.25) is 5.91 Å². The summed E-state index contributed by atoms with van der Waals surface area (Å²) in [7, 11) is 1.62. The number of amides is 1. The second kappa shape index (κ2) is 7.69. The lowest BCUT2D eigenvalue weighted by Gasteiger charge is -2.06. The lowest BCUT2D eigenvalue weighted by molar-refractivity contribution is -0.772. The van der Waals surface area contributed by atoms with Gasteiger partial charge in [0.15, 0.2) is 13.0 Å². The van der Waals surface area contributed by atoms with Crippen molar-refractivity contribution in [1.29, 1.82) is 0 Å². The number of hydrogen-bond donors (Lipinski definition) is 1. The van der Waals surface area contributed by atoms with Crippen LogP contribution in [0.4, 0.5) is 5.69 Å². The molecule has 0 atom stereocenters. The van der Waals surface area contributed by atoms with E-state index in [0.29, 0.717) is 23.1 Å². The largest absolute Gasteiger partial charge is 0.538 e. The number of nitrogens with zero attached hydrogens (tertiary/aromatic N) is 2. The number of carbonyl (C=O) groups excluding carboxylic acids is 1. The average molecular weight is 323 g/mol. The van der Waals surface area contributed by atoms with Crippen LogP contribution in [-0.4, -0.2) is 23.5 Å². The van der Waals surface area contributed by atoms with Gasteiger partial charge in [0.1, 0.15) is 5.75 Å². The van der Waals surface area contributed by atoms with E-state index in [0.717, 1.165) is 5.75 Å². The third-order valence-corrected chi connectivity index (χ3v) is 3.84. The van der Waals surface area contributed by atoms with Crippen molar-refractivity contribution < 1.29 is 23.8 Å². The third-order valence-electron chi connectivity index (χ3n) is 2.73. The van der Waals surface area contributed by atoms with Crippen molar-refractivity contribution >= 4 is 23.4 Å². The molecular formula is C14H17N3O4S. The predicted octanol–water partition coefficient (Wildman–Crippen LogP) is 1.09. The van der Waals surface area contributed by atoms with Crippen molar-refractivity contribution in [2.75, 3.05) is 17.7 Å². The van der Waals surface area contributed by atoms with E-state index in [-0.39, 0.29) is 12.3 Å². The molecule has 0 aliphatic heterocycles. The van der Waals surface area contributed by atoms with E-state index in [9.17, 15) is 9.90 Å². The molecular weight excluding hydrogens is 306 g/mol. The minimum absolute atomic E-state index is 0.122. The van der Waals surface area contributed by atoms with Gasteiger partial charge >= 0.3 is 0 Å². The molecule has 8 heteroatoms. The van der Waals surface area contributed by atoms with E-state index in [4.69, 9.17) is 4.74 Å².